The van der Waals surface area contributed by atoms with Gasteiger partial charge in [0, 0.05) is 27.2 Å². The summed E-state index contributed by atoms with van der Waals surface area (Å²) in [5.41, 5.74) is -2.40. The van der Waals surface area contributed by atoms with Crippen molar-refractivity contribution in [3.63, 3.8) is 0 Å². The van der Waals surface area contributed by atoms with Gasteiger partial charge in [-0.3, -0.25) is 14.4 Å². The van der Waals surface area contributed by atoms with Crippen LogP contribution in [0.25, 0.3) is 0 Å². The second-order valence-corrected chi connectivity index (χ2v) is 13.7. The minimum absolute atomic E-state index is 0.0151. The third-order valence-electron chi connectivity index (χ3n) is 6.42. The van der Waals surface area contributed by atoms with Gasteiger partial charge in [-0.2, -0.15) is 0 Å². The van der Waals surface area contributed by atoms with Gasteiger partial charge in [0.2, 0.25) is 0 Å². The molecule has 43 heavy (non-hydrogen) atoms. The fraction of sp³-hybridized carbons (Fsp3) is 0.781. The number of aliphatic hydroxyl groups excluding tert-OH is 2. The van der Waals surface area contributed by atoms with Gasteiger partial charge in [-0.25, -0.2) is 0 Å². The van der Waals surface area contributed by atoms with Gasteiger partial charge in [-0.15, -0.1) is 0 Å². The Labute approximate surface area is 256 Å². The van der Waals surface area contributed by atoms with E-state index in [0.29, 0.717) is 13.0 Å². The topological polar surface area (TPSA) is 147 Å². The normalized spacial score (nSPS) is 24.4. The minimum Gasteiger partial charge on any atom is -0.461 e. The van der Waals surface area contributed by atoms with E-state index in [2.05, 4.69) is 11.8 Å². The molecule has 0 radical (unpaired) electrons. The Balaban J connectivity index is 3.24. The van der Waals surface area contributed by atoms with Crippen molar-refractivity contribution < 1.29 is 53.0 Å². The molecule has 0 amide bonds. The molecule has 0 saturated carbocycles. The maximum atomic E-state index is 12.7. The quantitative estimate of drug-likeness (QED) is 0.154. The molecule has 1 heterocycles. The van der Waals surface area contributed by atoms with Crippen molar-refractivity contribution in [2.75, 3.05) is 27.4 Å². The van der Waals surface area contributed by atoms with Gasteiger partial charge in [0.15, 0.2) is 12.2 Å². The number of rotatable bonds is 11. The Bertz CT molecular complexity index is 1000. The molecule has 0 bridgehead atoms. The Morgan fingerprint density at radius 3 is 1.88 bits per heavy atom. The monoisotopic (exact) mass is 612 g/mol. The number of esters is 3. The fourth-order valence-electron chi connectivity index (χ4n) is 3.65. The fourth-order valence-corrected chi connectivity index (χ4v) is 3.65. The van der Waals surface area contributed by atoms with E-state index < -0.39 is 76.9 Å². The lowest BCUT2D eigenvalue weighted by Crippen LogP contribution is -2.58. The van der Waals surface area contributed by atoms with Crippen LogP contribution in [0.5, 0.6) is 0 Å². The molecule has 1 rings (SSSR count). The molecule has 1 aliphatic heterocycles. The molecule has 7 atom stereocenters. The van der Waals surface area contributed by atoms with Crippen LogP contribution in [0.15, 0.2) is 12.2 Å². The van der Waals surface area contributed by atoms with Gasteiger partial charge in [-0.05, 0) is 80.9 Å². The second kappa shape index (κ2) is 16.5. The first-order valence-corrected chi connectivity index (χ1v) is 14.5. The average Bonchev–Trinajstić information content (AvgIpc) is 2.89. The summed E-state index contributed by atoms with van der Waals surface area (Å²) >= 11 is 0. The maximum Gasteiger partial charge on any atom is 0.312 e. The van der Waals surface area contributed by atoms with Gasteiger partial charge >= 0.3 is 17.9 Å². The lowest BCUT2D eigenvalue weighted by molar-refractivity contribution is -0.230. The first kappa shape index (κ1) is 38.5. The van der Waals surface area contributed by atoms with E-state index in [4.69, 9.17) is 28.4 Å². The molecule has 0 aromatic rings. The first-order chi connectivity index (χ1) is 19.7. The number of hydrogen-bond acceptors (Lipinski definition) is 11. The summed E-state index contributed by atoms with van der Waals surface area (Å²) in [6.07, 6.45) is -3.23. The van der Waals surface area contributed by atoms with Crippen molar-refractivity contribution >= 4 is 17.9 Å². The van der Waals surface area contributed by atoms with Gasteiger partial charge in [-0.1, -0.05) is 11.8 Å². The number of hydrogen-bond donors (Lipinski definition) is 2. The molecule has 246 valence electrons. The summed E-state index contributed by atoms with van der Waals surface area (Å²) in [5.74, 6) is 4.25. The lowest BCUT2D eigenvalue weighted by Gasteiger charge is -2.41. The first-order valence-electron chi connectivity index (χ1n) is 14.5. The van der Waals surface area contributed by atoms with E-state index >= 15 is 0 Å². The van der Waals surface area contributed by atoms with Crippen LogP contribution in [-0.2, 0) is 42.8 Å². The molecule has 1 unspecified atom stereocenters. The van der Waals surface area contributed by atoms with E-state index in [1.807, 2.05) is 0 Å². The Kier molecular flexibility index (Phi) is 14.8. The molecule has 11 nitrogen and oxygen atoms in total. The highest BCUT2D eigenvalue weighted by Gasteiger charge is 2.44. The lowest BCUT2D eigenvalue weighted by atomic mass is 9.92. The summed E-state index contributed by atoms with van der Waals surface area (Å²) in [6.45, 7) is 15.4. The third kappa shape index (κ3) is 13.0. The maximum absolute atomic E-state index is 12.7. The highest BCUT2D eigenvalue weighted by atomic mass is 16.6. The average molecular weight is 613 g/mol. The van der Waals surface area contributed by atoms with Crippen molar-refractivity contribution in [3.05, 3.63) is 12.2 Å². The highest BCUT2D eigenvalue weighted by Crippen LogP contribution is 2.27. The van der Waals surface area contributed by atoms with E-state index in [1.54, 1.807) is 69.4 Å². The van der Waals surface area contributed by atoms with Crippen molar-refractivity contribution in [1.29, 1.82) is 0 Å². The van der Waals surface area contributed by atoms with E-state index in [9.17, 15) is 24.6 Å². The van der Waals surface area contributed by atoms with E-state index in [0.717, 1.165) is 0 Å². The van der Waals surface area contributed by atoms with Crippen molar-refractivity contribution in [2.24, 2.45) is 16.2 Å². The largest absolute Gasteiger partial charge is 0.461 e. The molecule has 1 saturated heterocycles. The molecule has 11 heteroatoms. The molecule has 0 spiro atoms. The van der Waals surface area contributed by atoms with Crippen molar-refractivity contribution in [2.45, 2.75) is 118 Å². The number of carbonyl (C=O) groups excluding carboxylic acids is 3. The van der Waals surface area contributed by atoms with Crippen molar-refractivity contribution in [3.8, 4) is 11.8 Å². The SMILES string of the molecule is COCC[C@H]1O[C@@H](CC#CC(/C=C/[C@@H](COC(=O)C(C)(C)C)OC(=O)C(C)(C)C)OC(=O)C(C)(C)C)[C@H](O)[C@@H](O)[C@@H]1OC. The summed E-state index contributed by atoms with van der Waals surface area (Å²) < 4.78 is 33.1. The number of methoxy groups -OCH3 is 2. The van der Waals surface area contributed by atoms with Gasteiger partial charge < -0.3 is 38.6 Å². The summed E-state index contributed by atoms with van der Waals surface area (Å²) in [4.78, 5) is 37.7. The van der Waals surface area contributed by atoms with Crippen LogP contribution >= 0.6 is 0 Å². The molecule has 0 aromatic carbocycles. The van der Waals surface area contributed by atoms with Crippen LogP contribution < -0.4 is 0 Å². The Morgan fingerprint density at radius 1 is 0.814 bits per heavy atom. The summed E-state index contributed by atoms with van der Waals surface area (Å²) in [6, 6.07) is 0. The van der Waals surface area contributed by atoms with Gasteiger partial charge in [0.05, 0.1) is 28.5 Å². The van der Waals surface area contributed by atoms with Crippen molar-refractivity contribution in [1.82, 2.24) is 0 Å². The second-order valence-electron chi connectivity index (χ2n) is 13.7. The third-order valence-corrected chi connectivity index (χ3v) is 6.42. The van der Waals surface area contributed by atoms with Gasteiger partial charge in [0.25, 0.3) is 0 Å². The number of ether oxygens (including phenoxy) is 6. The molecule has 1 aliphatic rings. The van der Waals surface area contributed by atoms with Crippen LogP contribution in [0.1, 0.15) is 75.2 Å². The Morgan fingerprint density at radius 2 is 1.37 bits per heavy atom. The zero-order chi connectivity index (χ0) is 33.2. The molecular weight excluding hydrogens is 560 g/mol. The summed E-state index contributed by atoms with van der Waals surface area (Å²) in [5, 5.41) is 21.3. The van der Waals surface area contributed by atoms with Crippen LogP contribution in [-0.4, -0.2) is 98.3 Å². The standard InChI is InChI=1S/C32H52O11/c1-30(2,3)27(35)40-19-21(42-29(37)32(7,8)9)16-15-20(41-28(36)31(4,5)6)13-12-14-22-24(33)25(34)26(39-11)23(43-22)17-18-38-10/h15-16,20-26,33-34H,14,17-19H2,1-11H3/b16-15+/t20?,21-,22-,23+,24-,25+,26+/m0/s1. The number of carbonyl (C=O) groups is 3. The van der Waals surface area contributed by atoms with Crippen LogP contribution in [0.3, 0.4) is 0 Å². The molecule has 0 aromatic heterocycles. The Hall–Kier alpha value is -2.49. The van der Waals surface area contributed by atoms with E-state index in [-0.39, 0.29) is 13.0 Å². The van der Waals surface area contributed by atoms with Crippen LogP contribution in [0, 0.1) is 28.1 Å². The predicted molar refractivity (Wildman–Crippen MR) is 159 cm³/mol. The minimum atomic E-state index is -1.26. The van der Waals surface area contributed by atoms with Crippen LogP contribution in [0.2, 0.25) is 0 Å². The molecule has 0 aliphatic carbocycles. The molecular formula is C32H52O11. The zero-order valence-corrected chi connectivity index (χ0v) is 27.6. The van der Waals surface area contributed by atoms with Gasteiger partial charge in [0.1, 0.15) is 24.9 Å². The predicted octanol–water partition coefficient (Wildman–Crippen LogP) is 2.98. The number of aliphatic hydroxyl groups is 2. The van der Waals surface area contributed by atoms with Crippen LogP contribution in [0.4, 0.5) is 0 Å². The summed E-state index contributed by atoms with van der Waals surface area (Å²) in [7, 11) is 2.98. The molecule has 2 N–H and O–H groups in total. The van der Waals surface area contributed by atoms with E-state index in [1.165, 1.54) is 19.3 Å². The molecule has 1 fully saturated rings. The highest BCUT2D eigenvalue weighted by molar-refractivity contribution is 5.77. The smallest absolute Gasteiger partial charge is 0.312 e. The zero-order valence-electron chi connectivity index (χ0n) is 27.6.